The van der Waals surface area contributed by atoms with Crippen molar-refractivity contribution in [3.63, 3.8) is 0 Å². The quantitative estimate of drug-likeness (QED) is 0.843. The number of aromatic nitrogens is 1. The summed E-state index contributed by atoms with van der Waals surface area (Å²) in [6, 6.07) is 8.80. The topological polar surface area (TPSA) is 42.4 Å². The highest BCUT2D eigenvalue weighted by Gasteiger charge is 2.34. The second kappa shape index (κ2) is 6.32. The number of carbonyl (C=O) groups excluding carboxylic acids is 1. The third-order valence-electron chi connectivity index (χ3n) is 3.59. The van der Waals surface area contributed by atoms with Gasteiger partial charge in [-0.05, 0) is 18.2 Å². The highest BCUT2D eigenvalue weighted by atomic mass is 35.5. The number of hydrogen-bond acceptors (Lipinski definition) is 3. The second-order valence-corrected chi connectivity index (χ2v) is 5.72. The van der Waals surface area contributed by atoms with Crippen LogP contribution in [0.2, 0.25) is 5.02 Å². The van der Waals surface area contributed by atoms with Crippen molar-refractivity contribution >= 4 is 17.5 Å². The zero-order valence-corrected chi connectivity index (χ0v) is 13.0. The Labute approximate surface area is 140 Å². The van der Waals surface area contributed by atoms with Gasteiger partial charge in [0.25, 0.3) is 5.91 Å². The molecule has 1 aliphatic rings. The number of carbonyl (C=O) groups is 1. The predicted octanol–water partition coefficient (Wildman–Crippen LogP) is 3.66. The largest absolute Gasteiger partial charge is 0.471 e. The van der Waals surface area contributed by atoms with Gasteiger partial charge in [-0.2, -0.15) is 13.2 Å². The van der Waals surface area contributed by atoms with E-state index in [1.807, 2.05) is 0 Å². The number of benzene rings is 1. The Bertz CT molecular complexity index is 744. The van der Waals surface area contributed by atoms with Crippen LogP contribution in [0.15, 0.2) is 42.6 Å². The average Bonchev–Trinajstić information content (AvgIpc) is 2.50. The van der Waals surface area contributed by atoms with E-state index in [1.54, 1.807) is 29.2 Å². The van der Waals surface area contributed by atoms with Gasteiger partial charge in [-0.15, -0.1) is 0 Å². The van der Waals surface area contributed by atoms with Gasteiger partial charge in [0.15, 0.2) is 0 Å². The molecule has 126 valence electrons. The van der Waals surface area contributed by atoms with Crippen molar-refractivity contribution in [2.24, 2.45) is 0 Å². The lowest BCUT2D eigenvalue weighted by molar-refractivity contribution is -0.137. The highest BCUT2D eigenvalue weighted by Crippen LogP contribution is 2.29. The molecule has 0 bridgehead atoms. The summed E-state index contributed by atoms with van der Waals surface area (Å²) in [4.78, 5) is 17.4. The summed E-state index contributed by atoms with van der Waals surface area (Å²) in [5.74, 6) is -0.112. The van der Waals surface area contributed by atoms with E-state index in [0.29, 0.717) is 23.7 Å². The Kier molecular flexibility index (Phi) is 4.36. The first kappa shape index (κ1) is 16.6. The maximum atomic E-state index is 12.5. The number of halogens is 4. The van der Waals surface area contributed by atoms with E-state index < -0.39 is 11.7 Å². The summed E-state index contributed by atoms with van der Waals surface area (Å²) in [6.45, 7) is 0.652. The molecule has 4 nitrogen and oxygen atoms in total. The van der Waals surface area contributed by atoms with Gasteiger partial charge >= 0.3 is 6.18 Å². The Hall–Kier alpha value is -2.28. The minimum atomic E-state index is -4.43. The van der Waals surface area contributed by atoms with Crippen LogP contribution in [0.4, 0.5) is 13.2 Å². The SMILES string of the molecule is O=C(c1ccccc1Cl)N1CC(Oc2ccc(C(F)(F)F)cn2)C1. The summed E-state index contributed by atoms with van der Waals surface area (Å²) >= 11 is 5.98. The first-order valence-corrected chi connectivity index (χ1v) is 7.46. The molecule has 0 unspecified atom stereocenters. The summed E-state index contributed by atoms with van der Waals surface area (Å²) < 4.78 is 42.8. The number of amides is 1. The van der Waals surface area contributed by atoms with E-state index in [4.69, 9.17) is 16.3 Å². The lowest BCUT2D eigenvalue weighted by atomic mass is 10.1. The lowest BCUT2D eigenvalue weighted by Gasteiger charge is -2.38. The maximum Gasteiger partial charge on any atom is 0.417 e. The number of rotatable bonds is 3. The average molecular weight is 357 g/mol. The predicted molar refractivity (Wildman–Crippen MR) is 81.0 cm³/mol. The van der Waals surface area contributed by atoms with Crippen LogP contribution in [-0.2, 0) is 6.18 Å². The standard InChI is InChI=1S/C16H12ClF3N2O2/c17-13-4-2-1-3-12(13)15(23)22-8-11(9-22)24-14-6-5-10(7-21-14)16(18,19)20/h1-7,11H,8-9H2. The van der Waals surface area contributed by atoms with Gasteiger partial charge in [-0.25, -0.2) is 4.98 Å². The lowest BCUT2D eigenvalue weighted by Crippen LogP contribution is -2.56. The fourth-order valence-electron chi connectivity index (χ4n) is 2.27. The van der Waals surface area contributed by atoms with Gasteiger partial charge in [0, 0.05) is 12.3 Å². The molecular formula is C16H12ClF3N2O2. The summed E-state index contributed by atoms with van der Waals surface area (Å²) in [5, 5.41) is 0.372. The van der Waals surface area contributed by atoms with Crippen LogP contribution in [0.25, 0.3) is 0 Å². The molecule has 1 fully saturated rings. The molecule has 2 heterocycles. The van der Waals surface area contributed by atoms with E-state index >= 15 is 0 Å². The van der Waals surface area contributed by atoms with Crippen LogP contribution in [0, 0.1) is 0 Å². The van der Waals surface area contributed by atoms with Crippen molar-refractivity contribution in [2.75, 3.05) is 13.1 Å². The van der Waals surface area contributed by atoms with Crippen molar-refractivity contribution in [1.82, 2.24) is 9.88 Å². The van der Waals surface area contributed by atoms with E-state index in [0.717, 1.165) is 12.3 Å². The van der Waals surface area contributed by atoms with Gasteiger partial charge in [-0.1, -0.05) is 23.7 Å². The number of pyridine rings is 1. The number of ether oxygens (including phenoxy) is 1. The number of hydrogen-bond donors (Lipinski definition) is 0. The van der Waals surface area contributed by atoms with Gasteiger partial charge in [0.05, 0.1) is 29.2 Å². The smallest absolute Gasteiger partial charge is 0.417 e. The van der Waals surface area contributed by atoms with Crippen molar-refractivity contribution in [2.45, 2.75) is 12.3 Å². The fraction of sp³-hybridized carbons (Fsp3) is 0.250. The number of alkyl halides is 3. The van der Waals surface area contributed by atoms with E-state index in [-0.39, 0.29) is 17.9 Å². The van der Waals surface area contributed by atoms with Crippen LogP contribution in [0.3, 0.4) is 0 Å². The minimum Gasteiger partial charge on any atom is -0.471 e. The van der Waals surface area contributed by atoms with E-state index in [9.17, 15) is 18.0 Å². The maximum absolute atomic E-state index is 12.5. The van der Waals surface area contributed by atoms with Gasteiger partial charge in [-0.3, -0.25) is 4.79 Å². The molecule has 0 atom stereocenters. The molecule has 1 aromatic heterocycles. The molecule has 0 spiro atoms. The highest BCUT2D eigenvalue weighted by molar-refractivity contribution is 6.33. The van der Waals surface area contributed by atoms with Crippen molar-refractivity contribution < 1.29 is 22.7 Å². The number of likely N-dealkylation sites (tertiary alicyclic amines) is 1. The molecule has 0 saturated carbocycles. The van der Waals surface area contributed by atoms with Crippen LogP contribution in [0.5, 0.6) is 5.88 Å². The minimum absolute atomic E-state index is 0.0952. The molecular weight excluding hydrogens is 345 g/mol. The monoisotopic (exact) mass is 356 g/mol. The Morgan fingerprint density at radius 2 is 1.92 bits per heavy atom. The molecule has 1 aromatic carbocycles. The number of nitrogens with zero attached hydrogens (tertiary/aromatic N) is 2. The summed E-state index contributed by atoms with van der Waals surface area (Å²) in [5.41, 5.74) is -0.427. The molecule has 3 rings (SSSR count). The Morgan fingerprint density at radius 3 is 2.50 bits per heavy atom. The van der Waals surface area contributed by atoms with E-state index in [2.05, 4.69) is 4.98 Å². The Morgan fingerprint density at radius 1 is 1.21 bits per heavy atom. The Balaban J connectivity index is 1.56. The van der Waals surface area contributed by atoms with Crippen molar-refractivity contribution in [3.05, 3.63) is 58.7 Å². The summed E-state index contributed by atoms with van der Waals surface area (Å²) in [7, 11) is 0. The first-order valence-electron chi connectivity index (χ1n) is 7.08. The second-order valence-electron chi connectivity index (χ2n) is 5.31. The van der Waals surface area contributed by atoms with Crippen molar-refractivity contribution in [1.29, 1.82) is 0 Å². The van der Waals surface area contributed by atoms with Gasteiger partial charge in [0.2, 0.25) is 5.88 Å². The molecule has 2 aromatic rings. The van der Waals surface area contributed by atoms with Crippen molar-refractivity contribution in [3.8, 4) is 5.88 Å². The normalized spacial score (nSPS) is 15.1. The van der Waals surface area contributed by atoms with Crippen LogP contribution < -0.4 is 4.74 Å². The zero-order valence-electron chi connectivity index (χ0n) is 12.3. The third-order valence-corrected chi connectivity index (χ3v) is 3.92. The third kappa shape index (κ3) is 3.46. The molecule has 1 amide bonds. The molecule has 0 aliphatic carbocycles. The van der Waals surface area contributed by atoms with Gasteiger partial charge < -0.3 is 9.64 Å². The first-order chi connectivity index (χ1) is 11.3. The fourth-order valence-corrected chi connectivity index (χ4v) is 2.49. The summed E-state index contributed by atoms with van der Waals surface area (Å²) in [6.07, 6.45) is -4.01. The van der Waals surface area contributed by atoms with Crippen LogP contribution >= 0.6 is 11.6 Å². The molecule has 24 heavy (non-hydrogen) atoms. The molecule has 1 saturated heterocycles. The molecule has 8 heteroatoms. The van der Waals surface area contributed by atoms with Crippen LogP contribution in [0.1, 0.15) is 15.9 Å². The van der Waals surface area contributed by atoms with E-state index in [1.165, 1.54) is 6.07 Å². The molecule has 1 aliphatic heterocycles. The van der Waals surface area contributed by atoms with Crippen LogP contribution in [-0.4, -0.2) is 35.0 Å². The van der Waals surface area contributed by atoms with Gasteiger partial charge in [0.1, 0.15) is 6.10 Å². The zero-order chi connectivity index (χ0) is 17.3. The molecule has 0 N–H and O–H groups in total. The molecule has 0 radical (unpaired) electrons.